The van der Waals surface area contributed by atoms with Crippen LogP contribution in [-0.4, -0.2) is 15.3 Å². The largest absolute Gasteiger partial charge is 0.328 e. The number of aromatic amines is 1. The molecule has 5 nitrogen and oxygen atoms in total. The average Bonchev–Trinajstić information content (AvgIpc) is 2.05. The van der Waals surface area contributed by atoms with E-state index in [1.807, 2.05) is 4.98 Å². The van der Waals surface area contributed by atoms with Crippen LogP contribution in [0.25, 0.3) is 0 Å². The van der Waals surface area contributed by atoms with Crippen LogP contribution < -0.4 is 11.2 Å². The lowest BCUT2D eigenvalue weighted by molar-refractivity contribution is -0.117. The van der Waals surface area contributed by atoms with Crippen LogP contribution in [0.1, 0.15) is 6.92 Å². The first-order chi connectivity index (χ1) is 6.02. The van der Waals surface area contributed by atoms with Crippen molar-refractivity contribution in [2.45, 2.75) is 13.5 Å². The van der Waals surface area contributed by atoms with Crippen molar-refractivity contribution in [3.8, 4) is 0 Å². The van der Waals surface area contributed by atoms with Gasteiger partial charge in [-0.05, 0) is 6.92 Å². The van der Waals surface area contributed by atoms with Crippen LogP contribution in [0.2, 0.25) is 0 Å². The second-order valence-electron chi connectivity index (χ2n) is 2.54. The SMILES string of the molecule is CC(=O)Cn1c(=O)[nH]cc(F)c1=O. The van der Waals surface area contributed by atoms with Crippen molar-refractivity contribution >= 4 is 5.78 Å². The van der Waals surface area contributed by atoms with Gasteiger partial charge < -0.3 is 4.98 Å². The lowest BCUT2D eigenvalue weighted by Crippen LogP contribution is -2.38. The smallest absolute Gasteiger partial charge is 0.311 e. The fourth-order valence-electron chi connectivity index (χ4n) is 0.852. The first kappa shape index (κ1) is 9.37. The zero-order chi connectivity index (χ0) is 10.0. The molecule has 0 aliphatic rings. The summed E-state index contributed by atoms with van der Waals surface area (Å²) in [5.41, 5.74) is -1.87. The molecule has 1 aromatic heterocycles. The summed E-state index contributed by atoms with van der Waals surface area (Å²) in [4.78, 5) is 34.4. The van der Waals surface area contributed by atoms with Gasteiger partial charge in [0.15, 0.2) is 0 Å². The molecule has 0 aromatic carbocycles. The molecule has 0 radical (unpaired) electrons. The number of aromatic nitrogens is 2. The maximum atomic E-state index is 12.6. The van der Waals surface area contributed by atoms with E-state index in [2.05, 4.69) is 0 Å². The van der Waals surface area contributed by atoms with Gasteiger partial charge in [-0.2, -0.15) is 4.39 Å². The van der Waals surface area contributed by atoms with Gasteiger partial charge in [-0.1, -0.05) is 0 Å². The molecule has 6 heteroatoms. The van der Waals surface area contributed by atoms with Crippen molar-refractivity contribution in [3.63, 3.8) is 0 Å². The Kier molecular flexibility index (Phi) is 2.41. The topological polar surface area (TPSA) is 71.9 Å². The van der Waals surface area contributed by atoms with Gasteiger partial charge in [-0.25, -0.2) is 4.79 Å². The fourth-order valence-corrected chi connectivity index (χ4v) is 0.852. The summed E-state index contributed by atoms with van der Waals surface area (Å²) >= 11 is 0. The first-order valence-electron chi connectivity index (χ1n) is 3.50. The molecule has 1 heterocycles. The van der Waals surface area contributed by atoms with Gasteiger partial charge in [0.1, 0.15) is 5.78 Å². The minimum Gasteiger partial charge on any atom is -0.311 e. The predicted octanol–water partition coefficient (Wildman–Crippen LogP) is -0.735. The number of halogens is 1. The molecule has 0 aliphatic heterocycles. The van der Waals surface area contributed by atoms with Gasteiger partial charge in [0.25, 0.3) is 5.56 Å². The molecular formula is C7H7FN2O3. The van der Waals surface area contributed by atoms with Crippen molar-refractivity contribution in [2.24, 2.45) is 0 Å². The minimum absolute atomic E-state index is 0.391. The monoisotopic (exact) mass is 186 g/mol. The minimum atomic E-state index is -1.08. The summed E-state index contributed by atoms with van der Waals surface area (Å²) in [5, 5.41) is 0. The molecule has 0 saturated heterocycles. The van der Waals surface area contributed by atoms with E-state index >= 15 is 0 Å². The second kappa shape index (κ2) is 3.34. The molecule has 1 N–H and O–H groups in total. The molecule has 0 bridgehead atoms. The van der Waals surface area contributed by atoms with E-state index in [9.17, 15) is 18.8 Å². The van der Waals surface area contributed by atoms with E-state index < -0.39 is 29.4 Å². The van der Waals surface area contributed by atoms with Crippen molar-refractivity contribution in [1.82, 2.24) is 9.55 Å². The number of rotatable bonds is 2. The highest BCUT2D eigenvalue weighted by Crippen LogP contribution is 1.81. The lowest BCUT2D eigenvalue weighted by Gasteiger charge is -1.99. The number of hydrogen-bond donors (Lipinski definition) is 1. The maximum absolute atomic E-state index is 12.6. The van der Waals surface area contributed by atoms with E-state index in [0.29, 0.717) is 10.8 Å². The average molecular weight is 186 g/mol. The highest BCUT2D eigenvalue weighted by Gasteiger charge is 2.07. The number of nitrogens with zero attached hydrogens (tertiary/aromatic N) is 1. The molecule has 0 unspecified atom stereocenters. The fraction of sp³-hybridized carbons (Fsp3) is 0.286. The van der Waals surface area contributed by atoms with Crippen molar-refractivity contribution in [1.29, 1.82) is 0 Å². The van der Waals surface area contributed by atoms with Crippen LogP contribution in [0, 0.1) is 5.82 Å². The zero-order valence-corrected chi connectivity index (χ0v) is 6.83. The first-order valence-corrected chi connectivity index (χ1v) is 3.50. The molecule has 1 rings (SSSR count). The number of hydrogen-bond acceptors (Lipinski definition) is 3. The Morgan fingerprint density at radius 1 is 1.62 bits per heavy atom. The summed E-state index contributed by atoms with van der Waals surface area (Å²) in [6.07, 6.45) is 0.668. The molecule has 0 amide bonds. The van der Waals surface area contributed by atoms with E-state index in [-0.39, 0.29) is 0 Å². The quantitative estimate of drug-likeness (QED) is 0.661. The standard InChI is InChI=1S/C7H7FN2O3/c1-4(11)3-10-6(12)5(8)2-9-7(10)13/h2H,3H2,1H3,(H,9,13). The number of carbonyl (C=O) groups is 1. The molecule has 13 heavy (non-hydrogen) atoms. The van der Waals surface area contributed by atoms with Gasteiger partial charge in [0.2, 0.25) is 5.82 Å². The number of nitrogens with one attached hydrogen (secondary N) is 1. The highest BCUT2D eigenvalue weighted by atomic mass is 19.1. The van der Waals surface area contributed by atoms with E-state index in [4.69, 9.17) is 0 Å². The number of ketones is 1. The third-order valence-electron chi connectivity index (χ3n) is 1.40. The Labute approximate surface area is 71.8 Å². The number of carbonyl (C=O) groups excluding carboxylic acids is 1. The number of H-pyrrole nitrogens is 1. The van der Waals surface area contributed by atoms with E-state index in [1.165, 1.54) is 6.92 Å². The predicted molar refractivity (Wildman–Crippen MR) is 42.0 cm³/mol. The molecule has 0 atom stereocenters. The Morgan fingerprint density at radius 2 is 2.23 bits per heavy atom. The summed E-state index contributed by atoms with van der Waals surface area (Å²) in [7, 11) is 0. The third kappa shape index (κ3) is 1.90. The van der Waals surface area contributed by atoms with Crippen LogP contribution in [0.4, 0.5) is 4.39 Å². The molecule has 1 aromatic rings. The van der Waals surface area contributed by atoms with Crippen molar-refractivity contribution < 1.29 is 9.18 Å². The van der Waals surface area contributed by atoms with Crippen LogP contribution in [0.5, 0.6) is 0 Å². The summed E-state index contributed by atoms with van der Waals surface area (Å²) < 4.78 is 13.1. The molecule has 0 aliphatic carbocycles. The zero-order valence-electron chi connectivity index (χ0n) is 6.83. The maximum Gasteiger partial charge on any atom is 0.328 e. The third-order valence-corrected chi connectivity index (χ3v) is 1.40. The Balaban J connectivity index is 3.35. The van der Waals surface area contributed by atoms with Crippen LogP contribution >= 0.6 is 0 Å². The Bertz CT molecular complexity index is 446. The molecule has 0 fully saturated rings. The summed E-state index contributed by atoms with van der Waals surface area (Å²) in [5.74, 6) is -1.47. The summed E-state index contributed by atoms with van der Waals surface area (Å²) in [6.45, 7) is 0.794. The molecular weight excluding hydrogens is 179 g/mol. The number of Topliss-reactive ketones (excluding diaryl/α,β-unsaturated/α-hetero) is 1. The molecule has 0 spiro atoms. The lowest BCUT2D eigenvalue weighted by atomic mass is 10.4. The van der Waals surface area contributed by atoms with Crippen molar-refractivity contribution in [3.05, 3.63) is 32.9 Å². The van der Waals surface area contributed by atoms with Gasteiger partial charge in [-0.15, -0.1) is 0 Å². The van der Waals surface area contributed by atoms with Gasteiger partial charge in [0.05, 0.1) is 6.54 Å². The van der Waals surface area contributed by atoms with Crippen LogP contribution in [0.15, 0.2) is 15.8 Å². The van der Waals surface area contributed by atoms with Crippen LogP contribution in [-0.2, 0) is 11.3 Å². The normalized spacial score (nSPS) is 10.0. The van der Waals surface area contributed by atoms with E-state index in [1.54, 1.807) is 0 Å². The van der Waals surface area contributed by atoms with Gasteiger partial charge >= 0.3 is 5.69 Å². The summed E-state index contributed by atoms with van der Waals surface area (Å²) in [6, 6.07) is 0. The van der Waals surface area contributed by atoms with E-state index in [0.717, 1.165) is 0 Å². The van der Waals surface area contributed by atoms with Crippen molar-refractivity contribution in [2.75, 3.05) is 0 Å². The Morgan fingerprint density at radius 3 is 2.77 bits per heavy atom. The van der Waals surface area contributed by atoms with Gasteiger partial charge in [-0.3, -0.25) is 14.2 Å². The highest BCUT2D eigenvalue weighted by molar-refractivity contribution is 5.75. The van der Waals surface area contributed by atoms with Gasteiger partial charge in [0, 0.05) is 6.20 Å². The Hall–Kier alpha value is -1.72. The molecule has 0 saturated carbocycles. The second-order valence-corrected chi connectivity index (χ2v) is 2.54. The molecule has 70 valence electrons. The van der Waals surface area contributed by atoms with Crippen LogP contribution in [0.3, 0.4) is 0 Å².